The molecule has 0 aliphatic heterocycles. The summed E-state index contributed by atoms with van der Waals surface area (Å²) in [6.45, 7) is 6.57. The molecule has 1 N–H and O–H groups in total. The molecule has 0 saturated heterocycles. The molecule has 0 bridgehead atoms. The van der Waals surface area contributed by atoms with Crippen LogP contribution in [0.1, 0.15) is 40.0 Å². The molecule has 96 valence electrons. The zero-order chi connectivity index (χ0) is 12.8. The van der Waals surface area contributed by atoms with E-state index in [4.69, 9.17) is 0 Å². The zero-order valence-corrected chi connectivity index (χ0v) is 12.3. The van der Waals surface area contributed by atoms with Gasteiger partial charge in [0.2, 0.25) is 0 Å². The Morgan fingerprint density at radius 1 is 1.29 bits per heavy atom. The molecule has 2 unspecified atom stereocenters. The highest BCUT2D eigenvalue weighted by atomic mass is 79.9. The predicted octanol–water partition coefficient (Wildman–Crippen LogP) is 5.21. The highest BCUT2D eigenvalue weighted by Crippen LogP contribution is 2.22. The molecule has 1 aromatic carbocycles. The number of hydrogen-bond donors (Lipinski definition) is 1. The predicted molar refractivity (Wildman–Crippen MR) is 75.9 cm³/mol. The van der Waals surface area contributed by atoms with Crippen LogP contribution in [0.3, 0.4) is 0 Å². The molecule has 17 heavy (non-hydrogen) atoms. The minimum Gasteiger partial charge on any atom is -0.380 e. The maximum Gasteiger partial charge on any atom is 0.147 e. The summed E-state index contributed by atoms with van der Waals surface area (Å²) in [5, 5.41) is 3.29. The van der Waals surface area contributed by atoms with Gasteiger partial charge in [0, 0.05) is 10.5 Å². The van der Waals surface area contributed by atoms with Crippen molar-refractivity contribution in [3.8, 4) is 0 Å². The van der Waals surface area contributed by atoms with Crippen LogP contribution >= 0.6 is 15.9 Å². The minimum absolute atomic E-state index is 0.193. The summed E-state index contributed by atoms with van der Waals surface area (Å²) < 4.78 is 14.4. The Bertz CT molecular complexity index is 354. The van der Waals surface area contributed by atoms with E-state index in [1.807, 2.05) is 6.07 Å². The lowest BCUT2D eigenvalue weighted by Gasteiger charge is -2.21. The minimum atomic E-state index is -0.193. The molecule has 3 heteroatoms. The summed E-state index contributed by atoms with van der Waals surface area (Å²) in [5.74, 6) is 0.480. The molecule has 0 aliphatic carbocycles. The summed E-state index contributed by atoms with van der Waals surface area (Å²) in [6, 6.07) is 5.50. The molecule has 0 aliphatic rings. The van der Waals surface area contributed by atoms with Crippen molar-refractivity contribution in [2.45, 2.75) is 46.1 Å². The maximum absolute atomic E-state index is 13.7. The standard InChI is InChI=1S/C14H21BrFN/c1-4-10(3)8-12(5-2)17-14-7-6-11(15)9-13(14)16/h6-7,9-10,12,17H,4-5,8H2,1-3H3. The molecule has 0 heterocycles. The largest absolute Gasteiger partial charge is 0.380 e. The number of rotatable bonds is 6. The smallest absolute Gasteiger partial charge is 0.147 e. The topological polar surface area (TPSA) is 12.0 Å². The molecular weight excluding hydrogens is 281 g/mol. The molecule has 0 amide bonds. The average molecular weight is 302 g/mol. The highest BCUT2D eigenvalue weighted by molar-refractivity contribution is 9.10. The van der Waals surface area contributed by atoms with Gasteiger partial charge in [0.25, 0.3) is 0 Å². The van der Waals surface area contributed by atoms with Gasteiger partial charge in [-0.15, -0.1) is 0 Å². The fourth-order valence-electron chi connectivity index (χ4n) is 1.81. The second-order valence-electron chi connectivity index (χ2n) is 4.62. The fraction of sp³-hybridized carbons (Fsp3) is 0.571. The van der Waals surface area contributed by atoms with E-state index in [0.717, 1.165) is 17.3 Å². The number of halogens is 2. The molecular formula is C14H21BrFN. The van der Waals surface area contributed by atoms with E-state index in [9.17, 15) is 4.39 Å². The van der Waals surface area contributed by atoms with E-state index < -0.39 is 0 Å². The lowest BCUT2D eigenvalue weighted by Crippen LogP contribution is -2.21. The van der Waals surface area contributed by atoms with Crippen LogP contribution in [0.5, 0.6) is 0 Å². The summed E-state index contributed by atoms with van der Waals surface area (Å²) in [7, 11) is 0. The van der Waals surface area contributed by atoms with Gasteiger partial charge in [-0.25, -0.2) is 4.39 Å². The summed E-state index contributed by atoms with van der Waals surface area (Å²) in [6.07, 6.45) is 3.27. The van der Waals surface area contributed by atoms with Crippen molar-refractivity contribution < 1.29 is 4.39 Å². The van der Waals surface area contributed by atoms with Gasteiger partial charge in [0.05, 0.1) is 5.69 Å². The van der Waals surface area contributed by atoms with Gasteiger partial charge in [0.1, 0.15) is 5.82 Å². The normalized spacial score (nSPS) is 14.4. The molecule has 1 rings (SSSR count). The average Bonchev–Trinajstić information content (AvgIpc) is 2.31. The first kappa shape index (κ1) is 14.5. The van der Waals surface area contributed by atoms with Crippen LogP contribution in [0.15, 0.2) is 22.7 Å². The lowest BCUT2D eigenvalue weighted by atomic mass is 9.97. The first-order chi connectivity index (χ1) is 8.06. The summed E-state index contributed by atoms with van der Waals surface area (Å²) in [5.41, 5.74) is 0.600. The molecule has 0 aromatic heterocycles. The number of anilines is 1. The van der Waals surface area contributed by atoms with Crippen LogP contribution in [0.4, 0.5) is 10.1 Å². The van der Waals surface area contributed by atoms with Crippen molar-refractivity contribution in [2.24, 2.45) is 5.92 Å². The quantitative estimate of drug-likeness (QED) is 0.760. The highest BCUT2D eigenvalue weighted by Gasteiger charge is 2.12. The third kappa shape index (κ3) is 4.66. The first-order valence-electron chi connectivity index (χ1n) is 6.28. The first-order valence-corrected chi connectivity index (χ1v) is 7.07. The van der Waals surface area contributed by atoms with Crippen LogP contribution in [-0.2, 0) is 0 Å². The van der Waals surface area contributed by atoms with Crippen molar-refractivity contribution >= 4 is 21.6 Å². The zero-order valence-electron chi connectivity index (χ0n) is 10.8. The SMILES string of the molecule is CCC(C)CC(CC)Nc1ccc(Br)cc1F. The molecule has 1 aromatic rings. The van der Waals surface area contributed by atoms with E-state index in [-0.39, 0.29) is 5.82 Å². The fourth-order valence-corrected chi connectivity index (χ4v) is 2.14. The Labute approximate surface area is 112 Å². The Balaban J connectivity index is 2.67. The number of hydrogen-bond acceptors (Lipinski definition) is 1. The molecule has 0 saturated carbocycles. The Kier molecular flexibility index (Phi) is 5.96. The van der Waals surface area contributed by atoms with Crippen LogP contribution in [-0.4, -0.2) is 6.04 Å². The van der Waals surface area contributed by atoms with Crippen molar-refractivity contribution in [1.82, 2.24) is 0 Å². The number of benzene rings is 1. The Hall–Kier alpha value is -0.570. The second-order valence-corrected chi connectivity index (χ2v) is 5.54. The van der Waals surface area contributed by atoms with E-state index in [1.54, 1.807) is 6.07 Å². The van der Waals surface area contributed by atoms with Crippen LogP contribution in [0.2, 0.25) is 0 Å². The molecule has 0 fully saturated rings. The van der Waals surface area contributed by atoms with E-state index in [0.29, 0.717) is 17.6 Å². The van der Waals surface area contributed by atoms with Gasteiger partial charge >= 0.3 is 0 Å². The van der Waals surface area contributed by atoms with Crippen LogP contribution in [0.25, 0.3) is 0 Å². The van der Waals surface area contributed by atoms with Crippen molar-refractivity contribution in [3.63, 3.8) is 0 Å². The number of nitrogens with one attached hydrogen (secondary N) is 1. The van der Waals surface area contributed by atoms with Gasteiger partial charge < -0.3 is 5.32 Å². The van der Waals surface area contributed by atoms with Gasteiger partial charge in [-0.2, -0.15) is 0 Å². The maximum atomic E-state index is 13.7. The van der Waals surface area contributed by atoms with Crippen molar-refractivity contribution in [1.29, 1.82) is 0 Å². The third-order valence-corrected chi connectivity index (χ3v) is 3.66. The summed E-state index contributed by atoms with van der Waals surface area (Å²) in [4.78, 5) is 0. The monoisotopic (exact) mass is 301 g/mol. The molecule has 0 spiro atoms. The third-order valence-electron chi connectivity index (χ3n) is 3.17. The van der Waals surface area contributed by atoms with Crippen LogP contribution < -0.4 is 5.32 Å². The van der Waals surface area contributed by atoms with Crippen LogP contribution in [0, 0.1) is 11.7 Å². The molecule has 0 radical (unpaired) electrons. The second kappa shape index (κ2) is 7.00. The van der Waals surface area contributed by atoms with E-state index in [1.165, 1.54) is 12.5 Å². The lowest BCUT2D eigenvalue weighted by molar-refractivity contribution is 0.460. The Morgan fingerprint density at radius 3 is 2.53 bits per heavy atom. The Morgan fingerprint density at radius 2 is 2.00 bits per heavy atom. The van der Waals surface area contributed by atoms with Crippen molar-refractivity contribution in [3.05, 3.63) is 28.5 Å². The van der Waals surface area contributed by atoms with Gasteiger partial charge in [-0.1, -0.05) is 43.1 Å². The van der Waals surface area contributed by atoms with Gasteiger partial charge in [0.15, 0.2) is 0 Å². The molecule has 1 nitrogen and oxygen atoms in total. The van der Waals surface area contributed by atoms with Gasteiger partial charge in [-0.05, 0) is 37.0 Å². The van der Waals surface area contributed by atoms with Gasteiger partial charge in [-0.3, -0.25) is 0 Å². The van der Waals surface area contributed by atoms with E-state index >= 15 is 0 Å². The summed E-state index contributed by atoms with van der Waals surface area (Å²) >= 11 is 3.26. The molecule has 2 atom stereocenters. The van der Waals surface area contributed by atoms with Crippen molar-refractivity contribution in [2.75, 3.05) is 5.32 Å². The van der Waals surface area contributed by atoms with E-state index in [2.05, 4.69) is 42.0 Å².